The molecule has 0 aliphatic carbocycles. The number of rotatable bonds is 6. The predicted octanol–water partition coefficient (Wildman–Crippen LogP) is 2.38. The molecule has 1 aromatic carbocycles. The highest BCUT2D eigenvalue weighted by atomic mass is 79.9. The summed E-state index contributed by atoms with van der Waals surface area (Å²) in [7, 11) is 2.49. The first kappa shape index (κ1) is 12.7. The van der Waals surface area contributed by atoms with E-state index in [1.54, 1.807) is 14.2 Å². The predicted molar refractivity (Wildman–Crippen MR) is 63.6 cm³/mol. The molecule has 0 heterocycles. The van der Waals surface area contributed by atoms with Crippen LogP contribution in [0.5, 0.6) is 0 Å². The van der Waals surface area contributed by atoms with Crippen LogP contribution in [0.3, 0.4) is 0 Å². The number of hydrogen-bond acceptors (Lipinski definition) is 3. The van der Waals surface area contributed by atoms with Gasteiger partial charge in [0.05, 0.1) is 6.61 Å². The van der Waals surface area contributed by atoms with Gasteiger partial charge in [0.1, 0.15) is 0 Å². The topological polar surface area (TPSA) is 27.7 Å². The van der Waals surface area contributed by atoms with E-state index in [2.05, 4.69) is 28.1 Å². The zero-order valence-corrected chi connectivity index (χ0v) is 10.5. The van der Waals surface area contributed by atoms with Crippen LogP contribution in [0.15, 0.2) is 24.3 Å². The third-order valence-corrected chi connectivity index (χ3v) is 2.60. The van der Waals surface area contributed by atoms with E-state index >= 15 is 0 Å². The van der Waals surface area contributed by atoms with E-state index in [0.717, 1.165) is 10.9 Å². The number of hydrogen-bond donors (Lipinski definition) is 0. The molecule has 5 heteroatoms. The summed E-state index contributed by atoms with van der Waals surface area (Å²) in [5.41, 5.74) is 2.34. The Labute approximate surface area is 99.0 Å². The quantitative estimate of drug-likeness (QED) is 0.588. The Kier molecular flexibility index (Phi) is 5.94. The van der Waals surface area contributed by atoms with Crippen molar-refractivity contribution in [3.8, 4) is 0 Å². The van der Waals surface area contributed by atoms with Crippen molar-refractivity contribution >= 4 is 23.3 Å². The highest BCUT2D eigenvalue weighted by Crippen LogP contribution is 2.09. The van der Waals surface area contributed by atoms with Crippen LogP contribution >= 0.6 is 15.9 Å². The molecule has 0 radical (unpaired) electrons. The van der Waals surface area contributed by atoms with E-state index in [4.69, 9.17) is 14.0 Å². The van der Waals surface area contributed by atoms with Crippen molar-refractivity contribution in [1.29, 1.82) is 0 Å². The smallest absolute Gasteiger partial charge is 0.389 e. The van der Waals surface area contributed by atoms with Crippen molar-refractivity contribution in [2.24, 2.45) is 0 Å². The van der Waals surface area contributed by atoms with E-state index < -0.39 is 7.32 Å². The van der Waals surface area contributed by atoms with Gasteiger partial charge in [-0.15, -0.1) is 0 Å². The second-order valence-corrected chi connectivity index (χ2v) is 3.58. The van der Waals surface area contributed by atoms with Gasteiger partial charge < -0.3 is 14.0 Å². The molecule has 0 aromatic heterocycles. The molecule has 0 fully saturated rings. The lowest BCUT2D eigenvalue weighted by Gasteiger charge is -2.09. The largest absolute Gasteiger partial charge is 0.639 e. The Morgan fingerprint density at radius 1 is 1.07 bits per heavy atom. The van der Waals surface area contributed by atoms with Crippen molar-refractivity contribution in [2.75, 3.05) is 14.2 Å². The lowest BCUT2D eigenvalue weighted by molar-refractivity contribution is 0.128. The number of alkyl halides is 1. The van der Waals surface area contributed by atoms with Gasteiger partial charge in [0, 0.05) is 19.5 Å². The van der Waals surface area contributed by atoms with E-state index in [1.165, 1.54) is 5.56 Å². The van der Waals surface area contributed by atoms with Crippen LogP contribution in [0.4, 0.5) is 0 Å². The number of benzene rings is 1. The summed E-state index contributed by atoms with van der Waals surface area (Å²) in [5.74, 6) is 0. The van der Waals surface area contributed by atoms with Crippen LogP contribution in [0.1, 0.15) is 11.1 Å². The minimum absolute atomic E-state index is 0.481. The lowest BCUT2D eigenvalue weighted by atomic mass is 10.1. The zero-order chi connectivity index (χ0) is 11.1. The Morgan fingerprint density at radius 2 is 1.60 bits per heavy atom. The molecule has 82 valence electrons. The van der Waals surface area contributed by atoms with Crippen LogP contribution in [0.2, 0.25) is 0 Å². The minimum Gasteiger partial charge on any atom is -0.389 e. The standard InChI is InChI=1S/C10H14BBrO3/c1-13-11(14-2)15-8-10-5-3-9(7-12)4-6-10/h3-6H,7-8H2,1-2H3. The normalized spacial score (nSPS) is 10.3. The lowest BCUT2D eigenvalue weighted by Crippen LogP contribution is -2.23. The van der Waals surface area contributed by atoms with Crippen LogP contribution < -0.4 is 0 Å². The van der Waals surface area contributed by atoms with Gasteiger partial charge >= 0.3 is 7.32 Å². The first-order valence-corrected chi connectivity index (χ1v) is 5.73. The minimum atomic E-state index is -0.596. The maximum atomic E-state index is 5.34. The van der Waals surface area contributed by atoms with E-state index in [-0.39, 0.29) is 0 Å². The molecule has 0 spiro atoms. The van der Waals surface area contributed by atoms with Gasteiger partial charge in [-0.25, -0.2) is 0 Å². The summed E-state index contributed by atoms with van der Waals surface area (Å²) in [4.78, 5) is 0. The molecule has 0 aliphatic rings. The first-order valence-electron chi connectivity index (χ1n) is 4.61. The summed E-state index contributed by atoms with van der Waals surface area (Å²) in [5, 5.41) is 0.868. The third-order valence-electron chi connectivity index (χ3n) is 1.95. The molecule has 1 rings (SSSR count). The Balaban J connectivity index is 2.43. The molecule has 1 aromatic rings. The van der Waals surface area contributed by atoms with Crippen molar-refractivity contribution in [2.45, 2.75) is 11.9 Å². The molecule has 15 heavy (non-hydrogen) atoms. The summed E-state index contributed by atoms with van der Waals surface area (Å²) < 4.78 is 15.2. The average Bonchev–Trinajstić information content (AvgIpc) is 2.31. The number of halogens is 1. The molecule has 0 amide bonds. The van der Waals surface area contributed by atoms with Gasteiger partial charge in [0.15, 0.2) is 0 Å². The molecule has 0 unspecified atom stereocenters. The molecule has 3 nitrogen and oxygen atoms in total. The fourth-order valence-electron chi connectivity index (χ4n) is 1.12. The molecule has 0 bridgehead atoms. The Morgan fingerprint density at radius 3 is 2.07 bits per heavy atom. The molecule has 0 N–H and O–H groups in total. The fraction of sp³-hybridized carbons (Fsp3) is 0.400. The maximum Gasteiger partial charge on any atom is 0.639 e. The van der Waals surface area contributed by atoms with E-state index in [9.17, 15) is 0 Å². The summed E-state index contributed by atoms with van der Waals surface area (Å²) in [6.45, 7) is 0.481. The molecular weight excluding hydrogens is 259 g/mol. The Hall–Kier alpha value is -0.355. The van der Waals surface area contributed by atoms with Gasteiger partial charge in [0.25, 0.3) is 0 Å². The molecular formula is C10H14BBrO3. The van der Waals surface area contributed by atoms with Crippen LogP contribution in [-0.2, 0) is 25.9 Å². The second kappa shape index (κ2) is 7.01. The van der Waals surface area contributed by atoms with Crippen molar-refractivity contribution in [3.63, 3.8) is 0 Å². The van der Waals surface area contributed by atoms with E-state index in [1.807, 2.05) is 12.1 Å². The maximum absolute atomic E-state index is 5.34. The highest BCUT2D eigenvalue weighted by molar-refractivity contribution is 9.08. The molecule has 0 saturated heterocycles. The average molecular weight is 273 g/mol. The first-order chi connectivity index (χ1) is 7.30. The third kappa shape index (κ3) is 4.34. The van der Waals surface area contributed by atoms with Crippen molar-refractivity contribution in [1.82, 2.24) is 0 Å². The molecule has 0 aliphatic heterocycles. The zero-order valence-electron chi connectivity index (χ0n) is 8.90. The summed E-state index contributed by atoms with van der Waals surface area (Å²) in [6, 6.07) is 8.17. The van der Waals surface area contributed by atoms with Gasteiger partial charge in [-0.3, -0.25) is 0 Å². The monoisotopic (exact) mass is 272 g/mol. The Bertz CT molecular complexity index is 275. The molecule has 0 atom stereocenters. The fourth-order valence-corrected chi connectivity index (χ4v) is 1.49. The van der Waals surface area contributed by atoms with Gasteiger partial charge in [-0.2, -0.15) is 0 Å². The summed E-state index contributed by atoms with van der Waals surface area (Å²) in [6.07, 6.45) is 0. The van der Waals surface area contributed by atoms with Gasteiger partial charge in [-0.05, 0) is 11.1 Å². The molecule has 0 saturated carbocycles. The second-order valence-electron chi connectivity index (χ2n) is 3.02. The van der Waals surface area contributed by atoms with Crippen LogP contribution in [0.25, 0.3) is 0 Å². The van der Waals surface area contributed by atoms with Crippen molar-refractivity contribution < 1.29 is 14.0 Å². The van der Waals surface area contributed by atoms with Gasteiger partial charge in [0.2, 0.25) is 0 Å². The van der Waals surface area contributed by atoms with E-state index in [0.29, 0.717) is 6.61 Å². The van der Waals surface area contributed by atoms with Crippen molar-refractivity contribution in [3.05, 3.63) is 35.4 Å². The van der Waals surface area contributed by atoms with Gasteiger partial charge in [-0.1, -0.05) is 40.2 Å². The highest BCUT2D eigenvalue weighted by Gasteiger charge is 2.16. The SMILES string of the molecule is COB(OC)OCc1ccc(CBr)cc1. The van der Waals surface area contributed by atoms with Crippen LogP contribution in [0, 0.1) is 0 Å². The summed E-state index contributed by atoms with van der Waals surface area (Å²) >= 11 is 3.40. The van der Waals surface area contributed by atoms with Crippen LogP contribution in [-0.4, -0.2) is 21.5 Å².